The van der Waals surface area contributed by atoms with Gasteiger partial charge >= 0.3 is 0 Å². The third-order valence-corrected chi connectivity index (χ3v) is 3.78. The molecule has 2 aromatic rings. The van der Waals surface area contributed by atoms with Crippen LogP contribution in [0.4, 0.5) is 5.69 Å². The van der Waals surface area contributed by atoms with Crippen molar-refractivity contribution in [1.29, 1.82) is 0 Å². The highest BCUT2D eigenvalue weighted by atomic mass is 32.1. The lowest BCUT2D eigenvalue weighted by Crippen LogP contribution is -2.22. The van der Waals surface area contributed by atoms with Crippen LogP contribution in [0.5, 0.6) is 0 Å². The highest BCUT2D eigenvalue weighted by Gasteiger charge is 2.08. The van der Waals surface area contributed by atoms with Crippen LogP contribution < -0.4 is 11.1 Å². The Labute approximate surface area is 122 Å². The van der Waals surface area contributed by atoms with E-state index in [4.69, 9.17) is 10.5 Å². The zero-order valence-electron chi connectivity index (χ0n) is 11.5. The summed E-state index contributed by atoms with van der Waals surface area (Å²) in [6.07, 6.45) is 0.0116. The molecule has 0 amide bonds. The minimum atomic E-state index is 0.0116. The van der Waals surface area contributed by atoms with Gasteiger partial charge in [-0.3, -0.25) is 0 Å². The monoisotopic (exact) mass is 290 g/mol. The fourth-order valence-electron chi connectivity index (χ4n) is 1.56. The first-order chi connectivity index (χ1) is 9.69. The van der Waals surface area contributed by atoms with Crippen molar-refractivity contribution in [2.24, 2.45) is 10.7 Å². The Morgan fingerprint density at radius 3 is 2.90 bits per heavy atom. The topological polar surface area (TPSA) is 72.5 Å². The summed E-state index contributed by atoms with van der Waals surface area (Å²) in [6.45, 7) is 2.43. The smallest absolute Gasteiger partial charge is 0.193 e. The molecule has 20 heavy (non-hydrogen) atoms. The minimum absolute atomic E-state index is 0.0116. The Morgan fingerprint density at radius 2 is 2.20 bits per heavy atom. The number of hydrogen-bond acceptors (Lipinski definition) is 4. The van der Waals surface area contributed by atoms with Gasteiger partial charge in [-0.05, 0) is 19.1 Å². The lowest BCUT2D eigenvalue weighted by Gasteiger charge is -2.04. The Balaban J connectivity index is 1.93. The molecule has 1 aromatic carbocycles. The average Bonchev–Trinajstić information content (AvgIpc) is 2.94. The predicted molar refractivity (Wildman–Crippen MR) is 82.9 cm³/mol. The van der Waals surface area contributed by atoms with E-state index in [1.165, 1.54) is 0 Å². The standard InChI is InChI=1S/C14H18N4OS/c1-10(19-2)13-17-12(9-20-13)8-16-14(15)18-11-6-4-3-5-7-11/h3-7,9-10H,8H2,1-2H3,(H3,15,16,18). The van der Waals surface area contributed by atoms with Crippen molar-refractivity contribution in [3.63, 3.8) is 0 Å². The quantitative estimate of drug-likeness (QED) is 0.656. The second kappa shape index (κ2) is 7.02. The van der Waals surface area contributed by atoms with E-state index in [1.807, 2.05) is 42.6 Å². The molecule has 0 aliphatic heterocycles. The SMILES string of the molecule is COC(C)c1nc(CN=C(N)Nc2ccccc2)cs1. The Kier molecular flexibility index (Phi) is 5.09. The summed E-state index contributed by atoms with van der Waals surface area (Å²) in [7, 11) is 1.67. The van der Waals surface area contributed by atoms with E-state index in [0.29, 0.717) is 12.5 Å². The third kappa shape index (κ3) is 4.04. The van der Waals surface area contributed by atoms with Gasteiger partial charge in [-0.25, -0.2) is 9.98 Å². The van der Waals surface area contributed by atoms with E-state index in [9.17, 15) is 0 Å². The summed E-state index contributed by atoms with van der Waals surface area (Å²) < 4.78 is 5.23. The van der Waals surface area contributed by atoms with Crippen LogP contribution >= 0.6 is 11.3 Å². The molecule has 6 heteroatoms. The van der Waals surface area contributed by atoms with Gasteiger partial charge in [0, 0.05) is 18.2 Å². The first-order valence-corrected chi connectivity index (χ1v) is 7.16. The third-order valence-electron chi connectivity index (χ3n) is 2.73. The number of anilines is 1. The fraction of sp³-hybridized carbons (Fsp3) is 0.286. The molecular formula is C14H18N4OS. The number of nitrogens with two attached hydrogens (primary N) is 1. The second-order valence-corrected chi connectivity index (χ2v) is 5.14. The molecule has 0 fully saturated rings. The molecule has 0 saturated carbocycles. The van der Waals surface area contributed by atoms with E-state index in [1.54, 1.807) is 18.4 Å². The van der Waals surface area contributed by atoms with Crippen molar-refractivity contribution < 1.29 is 4.74 Å². The number of guanidine groups is 1. The molecule has 1 aromatic heterocycles. The average molecular weight is 290 g/mol. The summed E-state index contributed by atoms with van der Waals surface area (Å²) in [5, 5.41) is 5.96. The molecule has 0 aliphatic rings. The number of thiazole rings is 1. The molecule has 106 valence electrons. The molecule has 1 atom stereocenters. The maximum absolute atomic E-state index is 5.84. The molecule has 0 aliphatic carbocycles. The van der Waals surface area contributed by atoms with Gasteiger partial charge in [0.15, 0.2) is 5.96 Å². The number of hydrogen-bond donors (Lipinski definition) is 2. The summed E-state index contributed by atoms with van der Waals surface area (Å²) in [6, 6.07) is 9.70. The molecule has 1 heterocycles. The van der Waals surface area contributed by atoms with Crippen molar-refractivity contribution in [3.05, 3.63) is 46.4 Å². The minimum Gasteiger partial charge on any atom is -0.375 e. The summed E-state index contributed by atoms with van der Waals surface area (Å²) in [4.78, 5) is 8.74. The molecule has 0 saturated heterocycles. The first kappa shape index (κ1) is 14.5. The number of methoxy groups -OCH3 is 1. The number of para-hydroxylation sites is 1. The molecule has 0 spiro atoms. The van der Waals surface area contributed by atoms with E-state index in [0.717, 1.165) is 16.4 Å². The molecule has 0 bridgehead atoms. The molecule has 3 N–H and O–H groups in total. The summed E-state index contributed by atoms with van der Waals surface area (Å²) in [5.74, 6) is 0.380. The summed E-state index contributed by atoms with van der Waals surface area (Å²) >= 11 is 1.57. The Hall–Kier alpha value is -1.92. The van der Waals surface area contributed by atoms with Crippen LogP contribution in [0, 0.1) is 0 Å². The maximum Gasteiger partial charge on any atom is 0.193 e. The van der Waals surface area contributed by atoms with Gasteiger partial charge in [0.05, 0.1) is 12.2 Å². The van der Waals surface area contributed by atoms with Gasteiger partial charge < -0.3 is 15.8 Å². The first-order valence-electron chi connectivity index (χ1n) is 6.28. The van der Waals surface area contributed by atoms with E-state index < -0.39 is 0 Å². The van der Waals surface area contributed by atoms with E-state index in [2.05, 4.69) is 15.3 Å². The number of nitrogens with zero attached hydrogens (tertiary/aromatic N) is 2. The number of aromatic nitrogens is 1. The van der Waals surface area contributed by atoms with Crippen LogP contribution in [0.2, 0.25) is 0 Å². The highest BCUT2D eigenvalue weighted by molar-refractivity contribution is 7.09. The number of nitrogens with one attached hydrogen (secondary N) is 1. The zero-order valence-corrected chi connectivity index (χ0v) is 12.4. The van der Waals surface area contributed by atoms with Gasteiger partial charge in [0.25, 0.3) is 0 Å². The lowest BCUT2D eigenvalue weighted by atomic mass is 10.3. The van der Waals surface area contributed by atoms with E-state index >= 15 is 0 Å². The number of ether oxygens (including phenoxy) is 1. The van der Waals surface area contributed by atoms with E-state index in [-0.39, 0.29) is 6.10 Å². The van der Waals surface area contributed by atoms with Crippen molar-refractivity contribution in [1.82, 2.24) is 4.98 Å². The second-order valence-electron chi connectivity index (χ2n) is 4.25. The molecular weight excluding hydrogens is 272 g/mol. The molecule has 1 unspecified atom stereocenters. The van der Waals surface area contributed by atoms with Crippen LogP contribution in [-0.4, -0.2) is 18.1 Å². The normalized spacial score (nSPS) is 13.2. The molecule has 5 nitrogen and oxygen atoms in total. The van der Waals surface area contributed by atoms with Crippen LogP contribution in [-0.2, 0) is 11.3 Å². The van der Waals surface area contributed by atoms with Crippen LogP contribution in [0.3, 0.4) is 0 Å². The van der Waals surface area contributed by atoms with Gasteiger partial charge in [-0.15, -0.1) is 11.3 Å². The van der Waals surface area contributed by atoms with Gasteiger partial charge in [0.1, 0.15) is 11.1 Å². The fourth-order valence-corrected chi connectivity index (χ4v) is 2.40. The number of benzene rings is 1. The van der Waals surface area contributed by atoms with Crippen LogP contribution in [0.25, 0.3) is 0 Å². The Bertz CT molecular complexity index is 568. The largest absolute Gasteiger partial charge is 0.375 e. The van der Waals surface area contributed by atoms with Crippen LogP contribution in [0.15, 0.2) is 40.7 Å². The number of aliphatic imine (C=N–C) groups is 1. The van der Waals surface area contributed by atoms with Crippen LogP contribution in [0.1, 0.15) is 23.7 Å². The molecule has 0 radical (unpaired) electrons. The van der Waals surface area contributed by atoms with Crippen molar-refractivity contribution in [2.75, 3.05) is 12.4 Å². The molecule has 2 rings (SSSR count). The number of rotatable bonds is 5. The van der Waals surface area contributed by atoms with Crippen molar-refractivity contribution >= 4 is 23.0 Å². The van der Waals surface area contributed by atoms with Crippen molar-refractivity contribution in [3.8, 4) is 0 Å². The summed E-state index contributed by atoms with van der Waals surface area (Å²) in [5.41, 5.74) is 7.65. The van der Waals surface area contributed by atoms with Gasteiger partial charge in [-0.1, -0.05) is 18.2 Å². The van der Waals surface area contributed by atoms with Crippen molar-refractivity contribution in [2.45, 2.75) is 19.6 Å². The van der Waals surface area contributed by atoms with Gasteiger partial charge in [-0.2, -0.15) is 0 Å². The predicted octanol–water partition coefficient (Wildman–Crippen LogP) is 2.78. The van der Waals surface area contributed by atoms with Gasteiger partial charge in [0.2, 0.25) is 0 Å². The highest BCUT2D eigenvalue weighted by Crippen LogP contribution is 2.20. The Morgan fingerprint density at radius 1 is 1.45 bits per heavy atom. The zero-order chi connectivity index (χ0) is 14.4. The lowest BCUT2D eigenvalue weighted by molar-refractivity contribution is 0.119. The maximum atomic E-state index is 5.84.